The first-order valence-electron chi connectivity index (χ1n) is 6.95. The number of carbonyl (C=O) groups is 1. The Morgan fingerprint density at radius 2 is 1.95 bits per heavy atom. The molecule has 0 aromatic carbocycles. The molecule has 0 atom stereocenters. The van der Waals surface area contributed by atoms with Gasteiger partial charge in [-0.2, -0.15) is 0 Å². The Morgan fingerprint density at radius 1 is 1.24 bits per heavy atom. The van der Waals surface area contributed by atoms with Crippen LogP contribution in [0.1, 0.15) is 29.6 Å². The number of pyridine rings is 1. The molecule has 1 aliphatic heterocycles. The highest BCUT2D eigenvalue weighted by atomic mass is 35.5. The van der Waals surface area contributed by atoms with Crippen LogP contribution in [0.5, 0.6) is 0 Å². The van der Waals surface area contributed by atoms with E-state index in [1.807, 2.05) is 19.2 Å². The van der Waals surface area contributed by atoms with Crippen molar-refractivity contribution in [2.75, 3.05) is 38.1 Å². The molecule has 1 aromatic rings. The highest BCUT2D eigenvalue weighted by Crippen LogP contribution is 2.17. The van der Waals surface area contributed by atoms with Crippen LogP contribution in [0.15, 0.2) is 18.3 Å². The summed E-state index contributed by atoms with van der Waals surface area (Å²) in [7, 11) is 1.91. The fourth-order valence-corrected chi connectivity index (χ4v) is 2.22. The Bertz CT molecular complexity index is 408. The summed E-state index contributed by atoms with van der Waals surface area (Å²) in [5.41, 5.74) is 0.632. The van der Waals surface area contributed by atoms with E-state index in [2.05, 4.69) is 20.5 Å². The van der Waals surface area contributed by atoms with Crippen LogP contribution in [0.4, 0.5) is 5.82 Å². The lowest BCUT2D eigenvalue weighted by Gasteiger charge is -2.16. The molecule has 0 saturated carbocycles. The fourth-order valence-electron chi connectivity index (χ4n) is 2.22. The molecule has 0 bridgehead atoms. The van der Waals surface area contributed by atoms with Gasteiger partial charge in [-0.1, -0.05) is 0 Å². The minimum absolute atomic E-state index is 0. The largest absolute Gasteiger partial charge is 0.357 e. The molecule has 1 aliphatic rings. The lowest BCUT2D eigenvalue weighted by Crippen LogP contribution is -2.27. The predicted molar refractivity (Wildman–Crippen MR) is 91.1 cm³/mol. The lowest BCUT2D eigenvalue weighted by atomic mass is 10.2. The van der Waals surface area contributed by atoms with E-state index in [4.69, 9.17) is 0 Å². The van der Waals surface area contributed by atoms with Gasteiger partial charge in [0.1, 0.15) is 5.82 Å². The maximum Gasteiger partial charge on any atom is 0.252 e. The monoisotopic (exact) mass is 334 g/mol. The molecule has 5 nitrogen and oxygen atoms in total. The molecule has 1 aromatic heterocycles. The zero-order valence-electron chi connectivity index (χ0n) is 12.3. The standard InChI is InChI=1S/C14H22N4O.2ClH/c1-15-7-4-8-16-14(19)12-5-6-13(17-11-12)18-9-2-3-10-18;;/h5-6,11,15H,2-4,7-10H2,1H3,(H,16,19);2*1H. The molecule has 2 heterocycles. The van der Waals surface area contributed by atoms with E-state index in [0.29, 0.717) is 12.1 Å². The molecule has 2 rings (SSSR count). The summed E-state index contributed by atoms with van der Waals surface area (Å²) in [6.07, 6.45) is 5.06. The van der Waals surface area contributed by atoms with E-state index in [9.17, 15) is 4.79 Å². The number of anilines is 1. The van der Waals surface area contributed by atoms with Crippen molar-refractivity contribution in [2.45, 2.75) is 19.3 Å². The van der Waals surface area contributed by atoms with Gasteiger partial charge in [-0.05, 0) is 45.0 Å². The number of halogens is 2. The van der Waals surface area contributed by atoms with Crippen LogP contribution in [0.2, 0.25) is 0 Å². The molecule has 2 N–H and O–H groups in total. The number of hydrogen-bond acceptors (Lipinski definition) is 4. The van der Waals surface area contributed by atoms with Gasteiger partial charge in [-0.25, -0.2) is 4.98 Å². The van der Waals surface area contributed by atoms with Gasteiger partial charge in [0.15, 0.2) is 0 Å². The van der Waals surface area contributed by atoms with Gasteiger partial charge < -0.3 is 15.5 Å². The molecule has 0 radical (unpaired) electrons. The second-order valence-corrected chi connectivity index (χ2v) is 4.81. The lowest BCUT2D eigenvalue weighted by molar-refractivity contribution is 0.0953. The topological polar surface area (TPSA) is 57.3 Å². The third kappa shape index (κ3) is 6.08. The van der Waals surface area contributed by atoms with Crippen molar-refractivity contribution in [1.82, 2.24) is 15.6 Å². The molecule has 1 saturated heterocycles. The van der Waals surface area contributed by atoms with Crippen molar-refractivity contribution >= 4 is 36.5 Å². The average molecular weight is 335 g/mol. The van der Waals surface area contributed by atoms with Gasteiger partial charge >= 0.3 is 0 Å². The maximum absolute atomic E-state index is 11.9. The van der Waals surface area contributed by atoms with Crippen LogP contribution >= 0.6 is 24.8 Å². The highest BCUT2D eigenvalue weighted by Gasteiger charge is 2.14. The number of amides is 1. The van der Waals surface area contributed by atoms with Crippen molar-refractivity contribution in [3.63, 3.8) is 0 Å². The van der Waals surface area contributed by atoms with Gasteiger partial charge in [0.2, 0.25) is 0 Å². The van der Waals surface area contributed by atoms with E-state index in [1.165, 1.54) is 12.8 Å². The molecule has 21 heavy (non-hydrogen) atoms. The summed E-state index contributed by atoms with van der Waals surface area (Å²) in [5, 5.41) is 5.94. The van der Waals surface area contributed by atoms with E-state index in [0.717, 1.165) is 31.9 Å². The van der Waals surface area contributed by atoms with Crippen molar-refractivity contribution in [2.24, 2.45) is 0 Å². The number of rotatable bonds is 6. The zero-order chi connectivity index (χ0) is 13.5. The smallest absolute Gasteiger partial charge is 0.252 e. The van der Waals surface area contributed by atoms with Crippen molar-refractivity contribution in [3.8, 4) is 0 Å². The second kappa shape index (κ2) is 10.7. The second-order valence-electron chi connectivity index (χ2n) is 4.81. The van der Waals surface area contributed by atoms with E-state index < -0.39 is 0 Å². The first-order valence-corrected chi connectivity index (χ1v) is 6.95. The van der Waals surface area contributed by atoms with Gasteiger partial charge in [-0.3, -0.25) is 4.79 Å². The molecule has 0 aliphatic carbocycles. The quantitative estimate of drug-likeness (QED) is 0.780. The molecule has 7 heteroatoms. The molecule has 0 spiro atoms. The molecule has 1 amide bonds. The number of hydrogen-bond donors (Lipinski definition) is 2. The van der Waals surface area contributed by atoms with Gasteiger partial charge in [-0.15, -0.1) is 24.8 Å². The Kier molecular flexibility index (Phi) is 10.1. The number of nitrogens with zero attached hydrogens (tertiary/aromatic N) is 2. The van der Waals surface area contributed by atoms with Gasteiger partial charge in [0, 0.05) is 25.8 Å². The number of aromatic nitrogens is 1. The molecule has 1 fully saturated rings. The van der Waals surface area contributed by atoms with Crippen LogP contribution in [0.25, 0.3) is 0 Å². The van der Waals surface area contributed by atoms with E-state index >= 15 is 0 Å². The average Bonchev–Trinajstić information content (AvgIpc) is 2.98. The SMILES string of the molecule is CNCCCNC(=O)c1ccc(N2CCCC2)nc1.Cl.Cl. The zero-order valence-corrected chi connectivity index (χ0v) is 13.9. The highest BCUT2D eigenvalue weighted by molar-refractivity contribution is 5.94. The van der Waals surface area contributed by atoms with E-state index in [-0.39, 0.29) is 30.7 Å². The van der Waals surface area contributed by atoms with Gasteiger partial charge in [0.05, 0.1) is 5.56 Å². The fraction of sp³-hybridized carbons (Fsp3) is 0.571. The normalized spacial score (nSPS) is 13.3. The Morgan fingerprint density at radius 3 is 2.52 bits per heavy atom. The summed E-state index contributed by atoms with van der Waals surface area (Å²) >= 11 is 0. The summed E-state index contributed by atoms with van der Waals surface area (Å²) in [5.74, 6) is 0.931. The third-order valence-electron chi connectivity index (χ3n) is 3.33. The summed E-state index contributed by atoms with van der Waals surface area (Å²) in [6, 6.07) is 3.79. The third-order valence-corrected chi connectivity index (χ3v) is 3.33. The molecular weight excluding hydrogens is 311 g/mol. The number of carbonyl (C=O) groups excluding carboxylic acids is 1. The summed E-state index contributed by atoms with van der Waals surface area (Å²) in [6.45, 7) is 3.74. The van der Waals surface area contributed by atoms with Crippen LogP contribution in [0, 0.1) is 0 Å². The van der Waals surface area contributed by atoms with Crippen LogP contribution in [0.3, 0.4) is 0 Å². The Labute approximate surface area is 138 Å². The molecule has 120 valence electrons. The van der Waals surface area contributed by atoms with Crippen LogP contribution in [-0.2, 0) is 0 Å². The summed E-state index contributed by atoms with van der Waals surface area (Å²) in [4.78, 5) is 18.5. The first-order chi connectivity index (χ1) is 9.31. The molecular formula is C14H24Cl2N4O. The number of nitrogens with one attached hydrogen (secondary N) is 2. The van der Waals surface area contributed by atoms with Crippen molar-refractivity contribution in [3.05, 3.63) is 23.9 Å². The van der Waals surface area contributed by atoms with Crippen LogP contribution in [-0.4, -0.2) is 44.1 Å². The van der Waals surface area contributed by atoms with Gasteiger partial charge in [0.25, 0.3) is 5.91 Å². The Hall–Kier alpha value is -1.04. The Balaban J connectivity index is 0.00000200. The maximum atomic E-state index is 11.9. The predicted octanol–water partition coefficient (Wildman–Crippen LogP) is 1.86. The summed E-state index contributed by atoms with van der Waals surface area (Å²) < 4.78 is 0. The molecule has 0 unspecified atom stereocenters. The van der Waals surface area contributed by atoms with Crippen molar-refractivity contribution < 1.29 is 4.79 Å². The minimum Gasteiger partial charge on any atom is -0.357 e. The van der Waals surface area contributed by atoms with Crippen molar-refractivity contribution in [1.29, 1.82) is 0 Å². The first kappa shape index (κ1) is 20.0. The minimum atomic E-state index is -0.0448. The van der Waals surface area contributed by atoms with Crippen LogP contribution < -0.4 is 15.5 Å². The van der Waals surface area contributed by atoms with E-state index in [1.54, 1.807) is 6.20 Å².